The van der Waals surface area contributed by atoms with Crippen molar-refractivity contribution in [2.24, 2.45) is 11.7 Å². The van der Waals surface area contributed by atoms with Gasteiger partial charge in [0.15, 0.2) is 0 Å². The zero-order valence-electron chi connectivity index (χ0n) is 7.38. The fourth-order valence-electron chi connectivity index (χ4n) is 1.25. The summed E-state index contributed by atoms with van der Waals surface area (Å²) in [5, 5.41) is 3.08. The van der Waals surface area contributed by atoms with Crippen LogP contribution in [0.2, 0.25) is 0 Å². The van der Waals surface area contributed by atoms with E-state index in [4.69, 9.17) is 10.5 Å². The Labute approximate surface area is 72.5 Å². The SMILES string of the molecule is COCCNC(C(N)=O)C1CC1. The predicted octanol–water partition coefficient (Wildman–Crippen LogP) is -0.514. The van der Waals surface area contributed by atoms with Gasteiger partial charge < -0.3 is 15.8 Å². The monoisotopic (exact) mass is 172 g/mol. The molecule has 1 atom stereocenters. The second kappa shape index (κ2) is 4.42. The molecule has 3 N–H and O–H groups in total. The van der Waals surface area contributed by atoms with Gasteiger partial charge in [0, 0.05) is 13.7 Å². The third-order valence-corrected chi connectivity index (χ3v) is 2.07. The molecule has 0 radical (unpaired) electrons. The van der Waals surface area contributed by atoms with Crippen LogP contribution in [-0.4, -0.2) is 32.2 Å². The molecule has 0 saturated heterocycles. The molecule has 1 fully saturated rings. The lowest BCUT2D eigenvalue weighted by Crippen LogP contribution is -2.44. The number of nitrogens with one attached hydrogen (secondary N) is 1. The van der Waals surface area contributed by atoms with Crippen molar-refractivity contribution in [2.45, 2.75) is 18.9 Å². The van der Waals surface area contributed by atoms with Crippen LogP contribution in [0.5, 0.6) is 0 Å². The number of rotatable bonds is 6. The van der Waals surface area contributed by atoms with E-state index in [0.717, 1.165) is 12.8 Å². The summed E-state index contributed by atoms with van der Waals surface area (Å²) in [5.74, 6) is 0.230. The highest BCUT2D eigenvalue weighted by atomic mass is 16.5. The first kappa shape index (κ1) is 9.48. The normalized spacial score (nSPS) is 19.1. The molecule has 12 heavy (non-hydrogen) atoms. The molecular formula is C8H16N2O2. The average molecular weight is 172 g/mol. The minimum Gasteiger partial charge on any atom is -0.383 e. The van der Waals surface area contributed by atoms with E-state index in [2.05, 4.69) is 5.32 Å². The first-order chi connectivity index (χ1) is 5.75. The second-order valence-electron chi connectivity index (χ2n) is 3.16. The van der Waals surface area contributed by atoms with Gasteiger partial charge in [0.05, 0.1) is 12.6 Å². The Morgan fingerprint density at radius 1 is 1.75 bits per heavy atom. The summed E-state index contributed by atoms with van der Waals surface area (Å²) in [6.45, 7) is 1.32. The Balaban J connectivity index is 2.19. The Kier molecular flexibility index (Phi) is 3.49. The zero-order valence-corrected chi connectivity index (χ0v) is 7.38. The number of ether oxygens (including phenoxy) is 1. The van der Waals surface area contributed by atoms with Gasteiger partial charge in [-0.05, 0) is 18.8 Å². The van der Waals surface area contributed by atoms with E-state index < -0.39 is 0 Å². The van der Waals surface area contributed by atoms with Crippen molar-refractivity contribution in [3.8, 4) is 0 Å². The molecule has 1 aliphatic carbocycles. The predicted molar refractivity (Wildman–Crippen MR) is 45.6 cm³/mol. The van der Waals surface area contributed by atoms with Crippen molar-refractivity contribution in [3.63, 3.8) is 0 Å². The molecule has 0 spiro atoms. The average Bonchev–Trinajstić information content (AvgIpc) is 2.80. The molecule has 1 rings (SSSR count). The van der Waals surface area contributed by atoms with Gasteiger partial charge in [-0.25, -0.2) is 0 Å². The summed E-state index contributed by atoms with van der Waals surface area (Å²) in [5.41, 5.74) is 5.22. The molecule has 0 aromatic rings. The zero-order chi connectivity index (χ0) is 8.97. The number of nitrogens with two attached hydrogens (primary N) is 1. The Bertz CT molecular complexity index is 157. The summed E-state index contributed by atoms with van der Waals surface area (Å²) in [6.07, 6.45) is 2.24. The van der Waals surface area contributed by atoms with Gasteiger partial charge in [-0.1, -0.05) is 0 Å². The lowest BCUT2D eigenvalue weighted by molar-refractivity contribution is -0.120. The standard InChI is InChI=1S/C8H16N2O2/c1-12-5-4-10-7(8(9)11)6-2-3-6/h6-7,10H,2-5H2,1H3,(H2,9,11). The molecule has 70 valence electrons. The molecule has 1 unspecified atom stereocenters. The van der Waals surface area contributed by atoms with E-state index in [1.807, 2.05) is 0 Å². The lowest BCUT2D eigenvalue weighted by atomic mass is 10.2. The van der Waals surface area contributed by atoms with Crippen molar-refractivity contribution in [1.82, 2.24) is 5.32 Å². The van der Waals surface area contributed by atoms with Gasteiger partial charge in [0.2, 0.25) is 5.91 Å². The molecule has 0 aromatic carbocycles. The fraction of sp³-hybridized carbons (Fsp3) is 0.875. The van der Waals surface area contributed by atoms with E-state index in [-0.39, 0.29) is 11.9 Å². The molecule has 0 aromatic heterocycles. The highest BCUT2D eigenvalue weighted by Gasteiger charge is 2.34. The third-order valence-electron chi connectivity index (χ3n) is 2.07. The quantitative estimate of drug-likeness (QED) is 0.530. The minimum absolute atomic E-state index is 0.139. The third kappa shape index (κ3) is 2.79. The van der Waals surface area contributed by atoms with E-state index >= 15 is 0 Å². The van der Waals surface area contributed by atoms with Crippen LogP contribution >= 0.6 is 0 Å². The summed E-state index contributed by atoms with van der Waals surface area (Å²) >= 11 is 0. The van der Waals surface area contributed by atoms with Crippen LogP contribution in [0.15, 0.2) is 0 Å². The molecule has 0 heterocycles. The maximum atomic E-state index is 10.9. The highest BCUT2D eigenvalue weighted by molar-refractivity contribution is 5.80. The van der Waals surface area contributed by atoms with E-state index in [0.29, 0.717) is 19.1 Å². The fourth-order valence-corrected chi connectivity index (χ4v) is 1.25. The summed E-state index contributed by atoms with van der Waals surface area (Å²) < 4.78 is 4.86. The summed E-state index contributed by atoms with van der Waals surface area (Å²) in [7, 11) is 1.64. The van der Waals surface area contributed by atoms with Crippen LogP contribution in [0.1, 0.15) is 12.8 Å². The van der Waals surface area contributed by atoms with Gasteiger partial charge >= 0.3 is 0 Å². The number of amides is 1. The van der Waals surface area contributed by atoms with E-state index in [1.165, 1.54) is 0 Å². The molecule has 0 aliphatic heterocycles. The van der Waals surface area contributed by atoms with E-state index in [9.17, 15) is 4.79 Å². The van der Waals surface area contributed by atoms with Gasteiger partial charge in [0.1, 0.15) is 0 Å². The number of primary amides is 1. The smallest absolute Gasteiger partial charge is 0.234 e. The highest BCUT2D eigenvalue weighted by Crippen LogP contribution is 2.32. The topological polar surface area (TPSA) is 64.3 Å². The molecular weight excluding hydrogens is 156 g/mol. The van der Waals surface area contributed by atoms with Crippen LogP contribution in [-0.2, 0) is 9.53 Å². The van der Waals surface area contributed by atoms with Crippen LogP contribution in [0.25, 0.3) is 0 Å². The van der Waals surface area contributed by atoms with Gasteiger partial charge in [0.25, 0.3) is 0 Å². The van der Waals surface area contributed by atoms with Crippen molar-refractivity contribution >= 4 is 5.91 Å². The molecule has 4 nitrogen and oxygen atoms in total. The molecule has 1 amide bonds. The summed E-state index contributed by atoms with van der Waals surface area (Å²) in [6, 6.07) is -0.139. The Morgan fingerprint density at radius 2 is 2.42 bits per heavy atom. The van der Waals surface area contributed by atoms with Gasteiger partial charge in [-0.2, -0.15) is 0 Å². The first-order valence-electron chi connectivity index (χ1n) is 4.27. The number of hydrogen-bond acceptors (Lipinski definition) is 3. The van der Waals surface area contributed by atoms with Crippen molar-refractivity contribution in [1.29, 1.82) is 0 Å². The Morgan fingerprint density at radius 3 is 2.83 bits per heavy atom. The van der Waals surface area contributed by atoms with Crippen molar-refractivity contribution in [2.75, 3.05) is 20.3 Å². The summed E-state index contributed by atoms with van der Waals surface area (Å²) in [4.78, 5) is 10.9. The van der Waals surface area contributed by atoms with Crippen LogP contribution in [0, 0.1) is 5.92 Å². The van der Waals surface area contributed by atoms with Crippen LogP contribution < -0.4 is 11.1 Å². The van der Waals surface area contributed by atoms with Crippen LogP contribution in [0.3, 0.4) is 0 Å². The van der Waals surface area contributed by atoms with Gasteiger partial charge in [-0.3, -0.25) is 4.79 Å². The minimum atomic E-state index is -0.242. The largest absolute Gasteiger partial charge is 0.383 e. The molecule has 0 bridgehead atoms. The molecule has 1 saturated carbocycles. The van der Waals surface area contributed by atoms with E-state index in [1.54, 1.807) is 7.11 Å². The number of carbonyl (C=O) groups is 1. The number of methoxy groups -OCH3 is 1. The molecule has 1 aliphatic rings. The first-order valence-corrected chi connectivity index (χ1v) is 4.27. The van der Waals surface area contributed by atoms with Crippen molar-refractivity contribution < 1.29 is 9.53 Å². The van der Waals surface area contributed by atoms with Crippen molar-refractivity contribution in [3.05, 3.63) is 0 Å². The Hall–Kier alpha value is -0.610. The number of hydrogen-bond donors (Lipinski definition) is 2. The maximum absolute atomic E-state index is 10.9. The number of carbonyl (C=O) groups excluding carboxylic acids is 1. The maximum Gasteiger partial charge on any atom is 0.234 e. The van der Waals surface area contributed by atoms with Crippen LogP contribution in [0.4, 0.5) is 0 Å². The lowest BCUT2D eigenvalue weighted by Gasteiger charge is -2.13. The molecule has 4 heteroatoms. The van der Waals surface area contributed by atoms with Gasteiger partial charge in [-0.15, -0.1) is 0 Å². The second-order valence-corrected chi connectivity index (χ2v) is 3.16.